The average Bonchev–Trinajstić information content (AvgIpc) is 3.35. The molecule has 0 aromatic rings. The molecule has 0 amide bonds. The first kappa shape index (κ1) is 66.6. The van der Waals surface area contributed by atoms with Crippen LogP contribution < -0.4 is 0 Å². The van der Waals surface area contributed by atoms with Crippen LogP contribution in [-0.4, -0.2) is 37.2 Å². The minimum Gasteiger partial charge on any atom is -0.462 e. The van der Waals surface area contributed by atoms with Crippen LogP contribution in [0.15, 0.2) is 36.5 Å². The van der Waals surface area contributed by atoms with Crippen LogP contribution >= 0.6 is 0 Å². The van der Waals surface area contributed by atoms with Crippen LogP contribution in [0.2, 0.25) is 0 Å². The van der Waals surface area contributed by atoms with Gasteiger partial charge < -0.3 is 14.2 Å². The zero-order valence-electron chi connectivity index (χ0n) is 46.3. The van der Waals surface area contributed by atoms with Crippen molar-refractivity contribution < 1.29 is 28.6 Å². The number of ether oxygens (including phenoxy) is 3. The lowest BCUT2D eigenvalue weighted by Crippen LogP contribution is -2.30. The molecule has 0 aromatic heterocycles. The second kappa shape index (κ2) is 58.2. The minimum atomic E-state index is -0.775. The van der Waals surface area contributed by atoms with Gasteiger partial charge >= 0.3 is 17.9 Å². The standard InChI is InChI=1S/C63H116O6/c1-4-7-10-13-16-19-22-25-28-30-31-33-35-38-41-44-47-50-53-56-62(65)68-59-60(58-67-61(64)55-52-49-46-43-40-37-34-27-24-21-18-15-12-9-6-3)69-63(66)57-54-51-48-45-42-39-36-32-29-26-23-20-17-14-11-8-5-2/h9,12,18,21,27,34,60H,4-8,10-11,13-17,19-20,22-26,28-33,35-59H2,1-3H3/b12-9-,21-18-,34-27-/t60-/m1/s1. The van der Waals surface area contributed by atoms with Gasteiger partial charge in [0.2, 0.25) is 0 Å². The van der Waals surface area contributed by atoms with Gasteiger partial charge in [-0.2, -0.15) is 0 Å². The van der Waals surface area contributed by atoms with Gasteiger partial charge in [0.1, 0.15) is 13.2 Å². The van der Waals surface area contributed by atoms with Gasteiger partial charge in [-0.05, 0) is 51.4 Å². The topological polar surface area (TPSA) is 78.9 Å². The number of carbonyl (C=O) groups excluding carboxylic acids is 3. The summed E-state index contributed by atoms with van der Waals surface area (Å²) in [7, 11) is 0. The molecule has 6 nitrogen and oxygen atoms in total. The smallest absolute Gasteiger partial charge is 0.306 e. The molecule has 0 heterocycles. The molecular formula is C63H116O6. The third-order valence-corrected chi connectivity index (χ3v) is 13.7. The van der Waals surface area contributed by atoms with Crippen LogP contribution in [0.25, 0.3) is 0 Å². The van der Waals surface area contributed by atoms with Crippen molar-refractivity contribution >= 4 is 17.9 Å². The van der Waals surface area contributed by atoms with Crippen molar-refractivity contribution in [2.45, 2.75) is 335 Å². The van der Waals surface area contributed by atoms with Gasteiger partial charge in [-0.3, -0.25) is 14.4 Å². The Hall–Kier alpha value is -2.37. The third kappa shape index (κ3) is 56.4. The van der Waals surface area contributed by atoms with E-state index < -0.39 is 6.10 Å². The number of hydrogen-bond donors (Lipinski definition) is 0. The van der Waals surface area contributed by atoms with E-state index in [1.165, 1.54) is 193 Å². The molecule has 0 aliphatic rings. The number of rotatable bonds is 56. The lowest BCUT2D eigenvalue weighted by Gasteiger charge is -2.18. The van der Waals surface area contributed by atoms with Crippen LogP contribution in [0.3, 0.4) is 0 Å². The fraction of sp³-hybridized carbons (Fsp3) is 0.857. The summed E-state index contributed by atoms with van der Waals surface area (Å²) in [6, 6.07) is 0. The van der Waals surface area contributed by atoms with E-state index in [0.717, 1.165) is 96.3 Å². The molecule has 404 valence electrons. The molecule has 69 heavy (non-hydrogen) atoms. The van der Waals surface area contributed by atoms with Crippen LogP contribution in [0.5, 0.6) is 0 Å². The van der Waals surface area contributed by atoms with E-state index >= 15 is 0 Å². The number of unbranched alkanes of at least 4 members (excludes halogenated alkanes) is 39. The highest BCUT2D eigenvalue weighted by molar-refractivity contribution is 5.71. The molecular weight excluding hydrogens is 853 g/mol. The van der Waals surface area contributed by atoms with Gasteiger partial charge in [-0.25, -0.2) is 0 Å². The van der Waals surface area contributed by atoms with Crippen LogP contribution in [0.4, 0.5) is 0 Å². The van der Waals surface area contributed by atoms with Gasteiger partial charge in [0, 0.05) is 19.3 Å². The van der Waals surface area contributed by atoms with Crippen molar-refractivity contribution in [1.82, 2.24) is 0 Å². The molecule has 0 N–H and O–H groups in total. The van der Waals surface area contributed by atoms with Gasteiger partial charge in [0.15, 0.2) is 6.10 Å². The van der Waals surface area contributed by atoms with E-state index in [-0.39, 0.29) is 31.1 Å². The second-order valence-electron chi connectivity index (χ2n) is 20.6. The molecule has 1 atom stereocenters. The molecule has 0 saturated heterocycles. The van der Waals surface area contributed by atoms with Gasteiger partial charge in [-0.1, -0.05) is 295 Å². The normalized spacial score (nSPS) is 12.2. The largest absolute Gasteiger partial charge is 0.462 e. The molecule has 0 fully saturated rings. The highest BCUT2D eigenvalue weighted by Crippen LogP contribution is 2.18. The average molecular weight is 970 g/mol. The SMILES string of the molecule is CC/C=C\C/C=C\C/C=C\CCCCCCCC(=O)OC[C@H](COC(=O)CCCCCCCCCCCCCCCCCCCCC)OC(=O)CCCCCCCCCCCCCCCCCCC. The Morgan fingerprint density at radius 2 is 0.565 bits per heavy atom. The maximum atomic E-state index is 12.9. The molecule has 0 radical (unpaired) electrons. The Kier molecular flexibility index (Phi) is 56.2. The van der Waals surface area contributed by atoms with Crippen LogP contribution in [0, 0.1) is 0 Å². The van der Waals surface area contributed by atoms with E-state index in [4.69, 9.17) is 14.2 Å². The molecule has 0 rings (SSSR count). The highest BCUT2D eigenvalue weighted by atomic mass is 16.6. The lowest BCUT2D eigenvalue weighted by molar-refractivity contribution is -0.167. The number of allylic oxidation sites excluding steroid dienone is 6. The number of carbonyl (C=O) groups is 3. The fourth-order valence-electron chi connectivity index (χ4n) is 9.11. The van der Waals surface area contributed by atoms with Gasteiger partial charge in [0.05, 0.1) is 0 Å². The quantitative estimate of drug-likeness (QED) is 0.0261. The second-order valence-corrected chi connectivity index (χ2v) is 20.6. The highest BCUT2D eigenvalue weighted by Gasteiger charge is 2.19. The zero-order valence-corrected chi connectivity index (χ0v) is 46.3. The minimum absolute atomic E-state index is 0.0724. The molecule has 0 aliphatic carbocycles. The summed E-state index contributed by atoms with van der Waals surface area (Å²) in [5, 5.41) is 0. The first-order valence-electron chi connectivity index (χ1n) is 30.5. The summed E-state index contributed by atoms with van der Waals surface area (Å²) in [6.07, 6.45) is 70.0. The van der Waals surface area contributed by atoms with Gasteiger partial charge in [0.25, 0.3) is 0 Å². The van der Waals surface area contributed by atoms with Crippen molar-refractivity contribution in [3.63, 3.8) is 0 Å². The number of esters is 3. The van der Waals surface area contributed by atoms with Crippen molar-refractivity contribution in [3.8, 4) is 0 Å². The Labute approximate surface area is 429 Å². The third-order valence-electron chi connectivity index (χ3n) is 13.7. The Morgan fingerprint density at radius 3 is 0.884 bits per heavy atom. The van der Waals surface area contributed by atoms with Gasteiger partial charge in [-0.15, -0.1) is 0 Å². The molecule has 0 bridgehead atoms. The first-order valence-corrected chi connectivity index (χ1v) is 30.5. The summed E-state index contributed by atoms with van der Waals surface area (Å²) in [6.45, 7) is 6.57. The molecule has 0 saturated carbocycles. The van der Waals surface area contributed by atoms with Crippen molar-refractivity contribution in [2.24, 2.45) is 0 Å². The molecule has 0 spiro atoms. The predicted octanol–water partition coefficient (Wildman–Crippen LogP) is 20.4. The van der Waals surface area contributed by atoms with E-state index in [1.54, 1.807) is 0 Å². The van der Waals surface area contributed by atoms with E-state index in [9.17, 15) is 14.4 Å². The Bertz CT molecular complexity index is 1160. The Morgan fingerprint density at radius 1 is 0.304 bits per heavy atom. The summed E-state index contributed by atoms with van der Waals surface area (Å²) in [5.74, 6) is -0.867. The van der Waals surface area contributed by atoms with E-state index in [1.807, 2.05) is 0 Å². The van der Waals surface area contributed by atoms with E-state index in [2.05, 4.69) is 57.2 Å². The molecule has 0 aromatic carbocycles. The van der Waals surface area contributed by atoms with Crippen molar-refractivity contribution in [3.05, 3.63) is 36.5 Å². The summed E-state index contributed by atoms with van der Waals surface area (Å²) >= 11 is 0. The number of hydrogen-bond acceptors (Lipinski definition) is 6. The summed E-state index contributed by atoms with van der Waals surface area (Å²) < 4.78 is 16.9. The predicted molar refractivity (Wildman–Crippen MR) is 298 cm³/mol. The lowest BCUT2D eigenvalue weighted by atomic mass is 10.0. The summed E-state index contributed by atoms with van der Waals surface area (Å²) in [4.78, 5) is 38.2. The summed E-state index contributed by atoms with van der Waals surface area (Å²) in [5.41, 5.74) is 0. The van der Waals surface area contributed by atoms with Crippen molar-refractivity contribution in [1.29, 1.82) is 0 Å². The maximum Gasteiger partial charge on any atom is 0.306 e. The van der Waals surface area contributed by atoms with Crippen molar-refractivity contribution in [2.75, 3.05) is 13.2 Å². The van der Waals surface area contributed by atoms with Crippen LogP contribution in [-0.2, 0) is 28.6 Å². The molecule has 0 aliphatic heterocycles. The zero-order chi connectivity index (χ0) is 50.0. The first-order chi connectivity index (χ1) is 34.0. The maximum absolute atomic E-state index is 12.9. The fourth-order valence-corrected chi connectivity index (χ4v) is 9.11. The monoisotopic (exact) mass is 969 g/mol. The Balaban J connectivity index is 4.32. The molecule has 0 unspecified atom stereocenters. The molecule has 6 heteroatoms. The van der Waals surface area contributed by atoms with Crippen LogP contribution in [0.1, 0.15) is 329 Å². The van der Waals surface area contributed by atoms with E-state index in [0.29, 0.717) is 19.3 Å².